The van der Waals surface area contributed by atoms with Crippen molar-refractivity contribution in [2.24, 2.45) is 5.92 Å². The van der Waals surface area contributed by atoms with Gasteiger partial charge in [-0.1, -0.05) is 6.07 Å². The Hall–Kier alpha value is -3.59. The lowest BCUT2D eigenvalue weighted by Crippen LogP contribution is -2.41. The minimum Gasteiger partial charge on any atom is -0.497 e. The Morgan fingerprint density at radius 2 is 1.64 bits per heavy atom. The lowest BCUT2D eigenvalue weighted by Gasteiger charge is -2.30. The summed E-state index contributed by atoms with van der Waals surface area (Å²) in [4.78, 5) is 38.4. The number of carbonyl (C=O) groups excluding carboxylic acids is 3. The minimum atomic E-state index is -0.166. The van der Waals surface area contributed by atoms with Crippen LogP contribution in [0.25, 0.3) is 0 Å². The molecule has 0 spiro atoms. The van der Waals surface area contributed by atoms with E-state index in [1.54, 1.807) is 49.6 Å². The molecule has 1 aliphatic rings. The second kappa shape index (κ2) is 11.3. The predicted octanol–water partition coefficient (Wildman–Crippen LogP) is 2.95. The zero-order chi connectivity index (χ0) is 23.8. The van der Waals surface area contributed by atoms with Crippen molar-refractivity contribution in [2.45, 2.75) is 19.8 Å². The first kappa shape index (κ1) is 24.1. The number of nitrogens with one attached hydrogen (secondary N) is 3. The zero-order valence-electron chi connectivity index (χ0n) is 19.1. The highest BCUT2D eigenvalue weighted by Gasteiger charge is 2.26. The Morgan fingerprint density at radius 1 is 0.939 bits per heavy atom. The summed E-state index contributed by atoms with van der Waals surface area (Å²) in [5.74, 6) is 0.682. The van der Waals surface area contributed by atoms with E-state index in [0.717, 1.165) is 0 Å². The fourth-order valence-electron chi connectivity index (χ4n) is 3.77. The molecule has 33 heavy (non-hydrogen) atoms. The highest BCUT2D eigenvalue weighted by Crippen LogP contribution is 2.29. The Morgan fingerprint density at radius 3 is 2.27 bits per heavy atom. The number of anilines is 3. The maximum Gasteiger partial charge on any atom is 0.238 e. The number of carbonyl (C=O) groups is 3. The molecule has 0 aliphatic carbocycles. The predicted molar refractivity (Wildman–Crippen MR) is 127 cm³/mol. The van der Waals surface area contributed by atoms with Crippen LogP contribution in [0.1, 0.15) is 19.8 Å². The molecule has 9 nitrogen and oxygen atoms in total. The average Bonchev–Trinajstić information content (AvgIpc) is 2.79. The molecule has 3 N–H and O–H groups in total. The molecule has 0 bridgehead atoms. The molecule has 176 valence electrons. The largest absolute Gasteiger partial charge is 0.497 e. The number of hydrogen-bond donors (Lipinski definition) is 3. The number of amides is 3. The summed E-state index contributed by atoms with van der Waals surface area (Å²) in [7, 11) is 3.11. The number of likely N-dealkylation sites (tertiary alicyclic amines) is 1. The van der Waals surface area contributed by atoms with Crippen molar-refractivity contribution in [3.63, 3.8) is 0 Å². The van der Waals surface area contributed by atoms with Crippen LogP contribution in [0.2, 0.25) is 0 Å². The van der Waals surface area contributed by atoms with Crippen molar-refractivity contribution in [3.05, 3.63) is 42.5 Å². The van der Waals surface area contributed by atoms with E-state index in [1.807, 2.05) is 4.90 Å². The van der Waals surface area contributed by atoms with Crippen molar-refractivity contribution >= 4 is 34.8 Å². The minimum absolute atomic E-state index is 0.0537. The molecule has 1 aliphatic heterocycles. The van der Waals surface area contributed by atoms with Gasteiger partial charge in [0.05, 0.1) is 26.5 Å². The fourth-order valence-corrected chi connectivity index (χ4v) is 3.77. The quantitative estimate of drug-likeness (QED) is 0.566. The Kier molecular flexibility index (Phi) is 8.26. The van der Waals surface area contributed by atoms with Crippen molar-refractivity contribution in [2.75, 3.05) is 49.8 Å². The summed E-state index contributed by atoms with van der Waals surface area (Å²) in [6, 6.07) is 12.3. The van der Waals surface area contributed by atoms with Crippen molar-refractivity contribution in [1.29, 1.82) is 0 Å². The third-order valence-corrected chi connectivity index (χ3v) is 5.46. The van der Waals surface area contributed by atoms with Crippen LogP contribution in [-0.2, 0) is 14.4 Å². The van der Waals surface area contributed by atoms with Crippen LogP contribution in [0.3, 0.4) is 0 Å². The number of methoxy groups -OCH3 is 2. The van der Waals surface area contributed by atoms with Gasteiger partial charge in [-0.25, -0.2) is 0 Å². The average molecular weight is 455 g/mol. The highest BCUT2D eigenvalue weighted by molar-refractivity contribution is 5.95. The summed E-state index contributed by atoms with van der Waals surface area (Å²) >= 11 is 0. The lowest BCUT2D eigenvalue weighted by atomic mass is 9.95. The molecule has 2 aromatic rings. The van der Waals surface area contributed by atoms with Crippen LogP contribution >= 0.6 is 0 Å². The molecule has 2 aromatic carbocycles. The highest BCUT2D eigenvalue weighted by atomic mass is 16.5. The van der Waals surface area contributed by atoms with Gasteiger partial charge in [0, 0.05) is 30.3 Å². The Labute approximate surface area is 193 Å². The van der Waals surface area contributed by atoms with Crippen molar-refractivity contribution < 1.29 is 23.9 Å². The van der Waals surface area contributed by atoms with Gasteiger partial charge in [0.2, 0.25) is 17.7 Å². The summed E-state index contributed by atoms with van der Waals surface area (Å²) in [5.41, 5.74) is 1.86. The van der Waals surface area contributed by atoms with Crippen LogP contribution in [0.15, 0.2) is 42.5 Å². The molecule has 1 fully saturated rings. The number of nitrogens with zero attached hydrogens (tertiary/aromatic N) is 1. The van der Waals surface area contributed by atoms with Crippen LogP contribution in [-0.4, -0.2) is 56.5 Å². The molecule has 3 amide bonds. The van der Waals surface area contributed by atoms with Gasteiger partial charge in [-0.05, 0) is 56.3 Å². The SMILES string of the molecule is COc1ccc(NC(=O)CN2CCC(C(=O)Nc3cccc(NC(C)=O)c3)CC2)c(OC)c1. The van der Waals surface area contributed by atoms with E-state index in [0.29, 0.717) is 54.5 Å². The third kappa shape index (κ3) is 6.95. The van der Waals surface area contributed by atoms with Gasteiger partial charge in [-0.2, -0.15) is 0 Å². The van der Waals surface area contributed by atoms with Gasteiger partial charge in [0.1, 0.15) is 11.5 Å². The van der Waals surface area contributed by atoms with E-state index in [4.69, 9.17) is 9.47 Å². The first-order valence-electron chi connectivity index (χ1n) is 10.8. The maximum absolute atomic E-state index is 12.7. The molecule has 0 unspecified atom stereocenters. The number of ether oxygens (including phenoxy) is 2. The summed E-state index contributed by atoms with van der Waals surface area (Å²) < 4.78 is 10.5. The van der Waals surface area contributed by atoms with E-state index >= 15 is 0 Å². The summed E-state index contributed by atoms with van der Waals surface area (Å²) in [5, 5.41) is 8.50. The maximum atomic E-state index is 12.7. The molecule has 0 atom stereocenters. The second-order valence-corrected chi connectivity index (χ2v) is 7.92. The molecular formula is C24H30N4O5. The molecule has 0 radical (unpaired) electrons. The second-order valence-electron chi connectivity index (χ2n) is 7.92. The standard InChI is InChI=1S/C24H30N4O5/c1-16(29)25-18-5-4-6-19(13-18)26-24(31)17-9-11-28(12-10-17)15-23(30)27-21-8-7-20(32-2)14-22(21)33-3/h4-8,13-14,17H,9-12,15H2,1-3H3,(H,25,29)(H,26,31)(H,27,30). The smallest absolute Gasteiger partial charge is 0.238 e. The molecule has 1 heterocycles. The number of benzene rings is 2. The molecule has 1 saturated heterocycles. The fraction of sp³-hybridized carbons (Fsp3) is 0.375. The van der Waals surface area contributed by atoms with E-state index in [9.17, 15) is 14.4 Å². The molecule has 0 saturated carbocycles. The van der Waals surface area contributed by atoms with Crippen molar-refractivity contribution in [1.82, 2.24) is 4.90 Å². The van der Waals surface area contributed by atoms with E-state index in [-0.39, 0.29) is 30.2 Å². The number of rotatable bonds is 8. The molecular weight excluding hydrogens is 424 g/mol. The Bertz CT molecular complexity index is 1000. The topological polar surface area (TPSA) is 109 Å². The number of piperidine rings is 1. The van der Waals surface area contributed by atoms with Gasteiger partial charge < -0.3 is 25.4 Å². The lowest BCUT2D eigenvalue weighted by molar-refractivity contribution is -0.121. The first-order chi connectivity index (χ1) is 15.9. The van der Waals surface area contributed by atoms with E-state index in [1.165, 1.54) is 14.0 Å². The zero-order valence-corrected chi connectivity index (χ0v) is 19.1. The third-order valence-electron chi connectivity index (χ3n) is 5.46. The monoisotopic (exact) mass is 454 g/mol. The van der Waals surface area contributed by atoms with Crippen LogP contribution < -0.4 is 25.4 Å². The van der Waals surface area contributed by atoms with Crippen LogP contribution in [0.5, 0.6) is 11.5 Å². The molecule has 0 aromatic heterocycles. The van der Waals surface area contributed by atoms with Gasteiger partial charge in [-0.15, -0.1) is 0 Å². The summed E-state index contributed by atoms with van der Waals surface area (Å²) in [6.45, 7) is 2.98. The number of hydrogen-bond acceptors (Lipinski definition) is 6. The molecule has 3 rings (SSSR count). The van der Waals surface area contributed by atoms with Gasteiger partial charge in [0.25, 0.3) is 0 Å². The van der Waals surface area contributed by atoms with Crippen LogP contribution in [0.4, 0.5) is 17.1 Å². The summed E-state index contributed by atoms with van der Waals surface area (Å²) in [6.07, 6.45) is 1.33. The normalized spacial score (nSPS) is 14.3. The first-order valence-corrected chi connectivity index (χ1v) is 10.8. The molecule has 9 heteroatoms. The van der Waals surface area contributed by atoms with E-state index in [2.05, 4.69) is 16.0 Å². The van der Waals surface area contributed by atoms with Gasteiger partial charge in [0.15, 0.2) is 0 Å². The van der Waals surface area contributed by atoms with Crippen LogP contribution in [0, 0.1) is 5.92 Å². The van der Waals surface area contributed by atoms with Crippen molar-refractivity contribution in [3.8, 4) is 11.5 Å². The van der Waals surface area contributed by atoms with Gasteiger partial charge in [-0.3, -0.25) is 19.3 Å². The van der Waals surface area contributed by atoms with Gasteiger partial charge >= 0.3 is 0 Å². The van der Waals surface area contributed by atoms with E-state index < -0.39 is 0 Å². The Balaban J connectivity index is 1.47.